The zero-order valence-electron chi connectivity index (χ0n) is 12.7. The topological polar surface area (TPSA) is 38.3 Å². The highest BCUT2D eigenvalue weighted by atomic mass is 16.5. The Morgan fingerprint density at radius 2 is 1.95 bits per heavy atom. The van der Waals surface area contributed by atoms with Crippen molar-refractivity contribution in [1.29, 1.82) is 0 Å². The molecule has 0 bridgehead atoms. The van der Waals surface area contributed by atoms with Crippen molar-refractivity contribution in [2.75, 3.05) is 7.11 Å². The molecule has 0 amide bonds. The first kappa shape index (κ1) is 15.0. The molecule has 1 aromatic carbocycles. The number of methoxy groups -OCH3 is 1. The van der Waals surface area contributed by atoms with Crippen molar-refractivity contribution in [2.45, 2.75) is 58.0 Å². The molecule has 3 heteroatoms. The number of esters is 1. The van der Waals surface area contributed by atoms with Gasteiger partial charge in [-0.3, -0.25) is 5.32 Å². The van der Waals surface area contributed by atoms with Crippen LogP contribution in [0.2, 0.25) is 0 Å². The summed E-state index contributed by atoms with van der Waals surface area (Å²) in [6.07, 6.45) is 6.11. The van der Waals surface area contributed by atoms with Crippen LogP contribution in [0.15, 0.2) is 18.2 Å². The average Bonchev–Trinajstić information content (AvgIpc) is 2.48. The lowest BCUT2D eigenvalue weighted by Gasteiger charge is -2.28. The molecule has 0 spiro atoms. The predicted molar refractivity (Wildman–Crippen MR) is 80.7 cm³/mol. The van der Waals surface area contributed by atoms with Gasteiger partial charge in [0.2, 0.25) is 0 Å². The van der Waals surface area contributed by atoms with Crippen LogP contribution in [0.4, 0.5) is 0 Å². The van der Waals surface area contributed by atoms with Gasteiger partial charge in [0.15, 0.2) is 0 Å². The fourth-order valence-corrected chi connectivity index (χ4v) is 2.99. The first-order valence-electron chi connectivity index (χ1n) is 7.53. The molecule has 2 rings (SSSR count). The highest BCUT2D eigenvalue weighted by Gasteiger charge is 2.27. The summed E-state index contributed by atoms with van der Waals surface area (Å²) in [4.78, 5) is 12.2. The van der Waals surface area contributed by atoms with E-state index in [1.54, 1.807) is 0 Å². The fraction of sp³-hybridized carbons (Fsp3) is 0.588. The van der Waals surface area contributed by atoms with E-state index >= 15 is 0 Å². The maximum Gasteiger partial charge on any atom is 0.327 e. The second-order valence-electron chi connectivity index (χ2n) is 5.75. The van der Waals surface area contributed by atoms with E-state index in [0.29, 0.717) is 6.04 Å². The summed E-state index contributed by atoms with van der Waals surface area (Å²) in [5.74, 6) is -0.190. The molecule has 1 N–H and O–H groups in total. The lowest BCUT2D eigenvalue weighted by molar-refractivity contribution is -0.143. The van der Waals surface area contributed by atoms with Crippen molar-refractivity contribution in [3.8, 4) is 0 Å². The van der Waals surface area contributed by atoms with Crippen LogP contribution in [0.5, 0.6) is 0 Å². The summed E-state index contributed by atoms with van der Waals surface area (Å²) in [6.45, 7) is 4.15. The molecule has 0 aliphatic heterocycles. The number of hydrogen-bond donors (Lipinski definition) is 1. The largest absolute Gasteiger partial charge is 0.468 e. The van der Waals surface area contributed by atoms with Gasteiger partial charge in [-0.15, -0.1) is 0 Å². The molecule has 1 aliphatic carbocycles. The molecule has 1 fully saturated rings. The standard InChI is InChI=1S/C17H25NO2/c1-12-8-7-11-15(13(12)2)16(17(19)20-3)18-14-9-5-4-6-10-14/h7-8,11,14,16,18H,4-6,9-10H2,1-3H3. The molecule has 3 nitrogen and oxygen atoms in total. The number of benzene rings is 1. The minimum Gasteiger partial charge on any atom is -0.468 e. The van der Waals surface area contributed by atoms with Gasteiger partial charge in [-0.25, -0.2) is 4.79 Å². The third-order valence-corrected chi connectivity index (χ3v) is 4.40. The molecule has 1 saturated carbocycles. The number of carbonyl (C=O) groups excluding carboxylic acids is 1. The number of hydrogen-bond acceptors (Lipinski definition) is 3. The number of ether oxygens (including phenoxy) is 1. The maximum atomic E-state index is 12.2. The quantitative estimate of drug-likeness (QED) is 0.855. The number of carbonyl (C=O) groups is 1. The first-order valence-corrected chi connectivity index (χ1v) is 7.53. The van der Waals surface area contributed by atoms with Gasteiger partial charge in [0, 0.05) is 6.04 Å². The van der Waals surface area contributed by atoms with E-state index in [-0.39, 0.29) is 12.0 Å². The van der Waals surface area contributed by atoms with E-state index in [1.807, 2.05) is 12.1 Å². The second kappa shape index (κ2) is 6.89. The Hall–Kier alpha value is -1.35. The summed E-state index contributed by atoms with van der Waals surface area (Å²) < 4.78 is 5.00. The van der Waals surface area contributed by atoms with Gasteiger partial charge in [0.05, 0.1) is 7.11 Å². The molecular weight excluding hydrogens is 250 g/mol. The van der Waals surface area contributed by atoms with Crippen molar-refractivity contribution >= 4 is 5.97 Å². The summed E-state index contributed by atoms with van der Waals surface area (Å²) in [7, 11) is 1.46. The van der Waals surface area contributed by atoms with Gasteiger partial charge < -0.3 is 4.74 Å². The van der Waals surface area contributed by atoms with Gasteiger partial charge in [-0.2, -0.15) is 0 Å². The smallest absolute Gasteiger partial charge is 0.327 e. The Morgan fingerprint density at radius 3 is 2.60 bits per heavy atom. The fourth-order valence-electron chi connectivity index (χ4n) is 2.99. The van der Waals surface area contributed by atoms with Gasteiger partial charge in [0.25, 0.3) is 0 Å². The van der Waals surface area contributed by atoms with Gasteiger partial charge in [-0.05, 0) is 43.4 Å². The van der Waals surface area contributed by atoms with E-state index in [1.165, 1.54) is 37.5 Å². The van der Waals surface area contributed by atoms with Gasteiger partial charge in [0.1, 0.15) is 6.04 Å². The highest BCUT2D eigenvalue weighted by molar-refractivity contribution is 5.78. The number of nitrogens with one attached hydrogen (secondary N) is 1. The van der Waals surface area contributed by atoms with E-state index in [0.717, 1.165) is 18.4 Å². The molecule has 1 atom stereocenters. The minimum atomic E-state index is -0.344. The van der Waals surface area contributed by atoms with Crippen molar-refractivity contribution in [3.63, 3.8) is 0 Å². The Morgan fingerprint density at radius 1 is 1.25 bits per heavy atom. The Kier molecular flexibility index (Phi) is 5.18. The molecule has 1 aromatic rings. The molecule has 0 aromatic heterocycles. The van der Waals surface area contributed by atoms with E-state index in [2.05, 4.69) is 25.2 Å². The van der Waals surface area contributed by atoms with Crippen LogP contribution in [0.25, 0.3) is 0 Å². The first-order chi connectivity index (χ1) is 9.63. The van der Waals surface area contributed by atoms with Crippen molar-refractivity contribution in [2.24, 2.45) is 0 Å². The monoisotopic (exact) mass is 275 g/mol. The summed E-state index contributed by atoms with van der Waals surface area (Å²) >= 11 is 0. The van der Waals surface area contributed by atoms with Crippen molar-refractivity contribution in [1.82, 2.24) is 5.32 Å². The van der Waals surface area contributed by atoms with Crippen LogP contribution in [-0.2, 0) is 9.53 Å². The van der Waals surface area contributed by atoms with Gasteiger partial charge in [-0.1, -0.05) is 37.5 Å². The molecule has 1 unspecified atom stereocenters. The third kappa shape index (κ3) is 3.40. The lowest BCUT2D eigenvalue weighted by Crippen LogP contribution is -2.39. The van der Waals surface area contributed by atoms with Crippen LogP contribution in [0.3, 0.4) is 0 Å². The van der Waals surface area contributed by atoms with Crippen LogP contribution in [-0.4, -0.2) is 19.1 Å². The molecule has 0 saturated heterocycles. The third-order valence-electron chi connectivity index (χ3n) is 4.40. The molecule has 0 radical (unpaired) electrons. The summed E-state index contributed by atoms with van der Waals surface area (Å²) in [6, 6.07) is 6.19. The second-order valence-corrected chi connectivity index (χ2v) is 5.75. The average molecular weight is 275 g/mol. The Bertz CT molecular complexity index is 464. The zero-order chi connectivity index (χ0) is 14.5. The molecule has 110 valence electrons. The Labute approximate surface area is 121 Å². The normalized spacial score (nSPS) is 17.8. The van der Waals surface area contributed by atoms with E-state index in [4.69, 9.17) is 4.74 Å². The minimum absolute atomic E-state index is 0.190. The summed E-state index contributed by atoms with van der Waals surface area (Å²) in [5.41, 5.74) is 3.43. The summed E-state index contributed by atoms with van der Waals surface area (Å²) in [5, 5.41) is 3.52. The van der Waals surface area contributed by atoms with Crippen molar-refractivity contribution in [3.05, 3.63) is 34.9 Å². The molecule has 20 heavy (non-hydrogen) atoms. The number of rotatable bonds is 4. The van der Waals surface area contributed by atoms with E-state index in [9.17, 15) is 4.79 Å². The Balaban J connectivity index is 2.22. The highest BCUT2D eigenvalue weighted by Crippen LogP contribution is 2.25. The van der Waals surface area contributed by atoms with E-state index < -0.39 is 0 Å². The molecule has 0 heterocycles. The molecule has 1 aliphatic rings. The number of aryl methyl sites for hydroxylation is 1. The maximum absolute atomic E-state index is 12.2. The van der Waals surface area contributed by atoms with Crippen LogP contribution in [0.1, 0.15) is 54.8 Å². The predicted octanol–water partition coefficient (Wildman–Crippen LogP) is 3.44. The molecular formula is C17H25NO2. The SMILES string of the molecule is COC(=O)C(NC1CCCCC1)c1cccc(C)c1C. The van der Waals surface area contributed by atoms with Crippen LogP contribution in [0, 0.1) is 13.8 Å². The van der Waals surface area contributed by atoms with Gasteiger partial charge >= 0.3 is 5.97 Å². The lowest BCUT2D eigenvalue weighted by atomic mass is 9.92. The zero-order valence-corrected chi connectivity index (χ0v) is 12.7. The van der Waals surface area contributed by atoms with Crippen LogP contribution >= 0.6 is 0 Å². The van der Waals surface area contributed by atoms with Crippen LogP contribution < -0.4 is 5.32 Å². The van der Waals surface area contributed by atoms with Crippen molar-refractivity contribution < 1.29 is 9.53 Å².